The average molecular weight is 358 g/mol. The lowest BCUT2D eigenvalue weighted by molar-refractivity contribution is 0.202. The van der Waals surface area contributed by atoms with Crippen molar-refractivity contribution < 1.29 is 9.16 Å². The van der Waals surface area contributed by atoms with Crippen LogP contribution in [0.15, 0.2) is 10.5 Å². The summed E-state index contributed by atoms with van der Waals surface area (Å²) in [6, 6.07) is 5.12. The van der Waals surface area contributed by atoms with Gasteiger partial charge in [0.1, 0.15) is 12.4 Å². The Kier molecular flexibility index (Phi) is 5.87. The zero-order valence-corrected chi connectivity index (χ0v) is 16.3. The van der Waals surface area contributed by atoms with E-state index in [4.69, 9.17) is 9.16 Å². The summed E-state index contributed by atoms with van der Waals surface area (Å²) in [7, 11) is -1.68. The molecule has 0 aliphatic heterocycles. The van der Waals surface area contributed by atoms with E-state index in [0.29, 0.717) is 13.2 Å². The van der Waals surface area contributed by atoms with Gasteiger partial charge in [0.15, 0.2) is 8.32 Å². The molecular formula is C16H26BrO2Si. The van der Waals surface area contributed by atoms with Crippen LogP contribution in [0.3, 0.4) is 0 Å². The molecule has 1 rings (SSSR count). The molecule has 0 unspecified atom stereocenters. The minimum absolute atomic E-state index is 0.238. The molecule has 0 aliphatic rings. The summed E-state index contributed by atoms with van der Waals surface area (Å²) < 4.78 is 13.0. The van der Waals surface area contributed by atoms with Crippen molar-refractivity contribution in [3.8, 4) is 5.75 Å². The first-order valence-electron chi connectivity index (χ1n) is 7.00. The van der Waals surface area contributed by atoms with Crippen LogP contribution in [-0.2, 0) is 4.43 Å². The van der Waals surface area contributed by atoms with E-state index in [2.05, 4.69) is 62.8 Å². The quantitative estimate of drug-likeness (QED) is 0.528. The van der Waals surface area contributed by atoms with E-state index >= 15 is 0 Å². The summed E-state index contributed by atoms with van der Waals surface area (Å²) in [6.45, 7) is 16.6. The van der Waals surface area contributed by atoms with Gasteiger partial charge in [-0.2, -0.15) is 0 Å². The Balaban J connectivity index is 2.57. The minimum atomic E-state index is -1.68. The first-order valence-corrected chi connectivity index (χ1v) is 10.7. The Bertz CT molecular complexity index is 464. The van der Waals surface area contributed by atoms with Gasteiger partial charge in [0, 0.05) is 10.0 Å². The third-order valence-electron chi connectivity index (χ3n) is 4.05. The molecule has 2 nitrogen and oxygen atoms in total. The number of hydrogen-bond acceptors (Lipinski definition) is 2. The third kappa shape index (κ3) is 4.33. The van der Waals surface area contributed by atoms with Crippen LogP contribution in [-0.4, -0.2) is 21.5 Å². The van der Waals surface area contributed by atoms with Crippen molar-refractivity contribution in [2.45, 2.75) is 52.8 Å². The second-order valence-electron chi connectivity index (χ2n) is 6.67. The van der Waals surface area contributed by atoms with Crippen LogP contribution in [0.2, 0.25) is 18.1 Å². The molecule has 0 aromatic heterocycles. The Morgan fingerprint density at radius 3 is 2.35 bits per heavy atom. The maximum Gasteiger partial charge on any atom is 0.192 e. The van der Waals surface area contributed by atoms with Crippen molar-refractivity contribution in [3.63, 3.8) is 0 Å². The summed E-state index contributed by atoms with van der Waals surface area (Å²) in [5.74, 6) is 0.915. The van der Waals surface area contributed by atoms with E-state index in [0.717, 1.165) is 21.3 Å². The van der Waals surface area contributed by atoms with Gasteiger partial charge in [-0.1, -0.05) is 36.7 Å². The summed E-state index contributed by atoms with van der Waals surface area (Å²) in [5, 5.41) is 0.238. The zero-order chi connectivity index (χ0) is 15.6. The fourth-order valence-corrected chi connectivity index (χ4v) is 2.93. The minimum Gasteiger partial charge on any atom is -0.491 e. The van der Waals surface area contributed by atoms with Gasteiger partial charge < -0.3 is 9.16 Å². The first kappa shape index (κ1) is 17.7. The molecule has 0 saturated heterocycles. The summed E-state index contributed by atoms with van der Waals surface area (Å²) in [6.07, 6.45) is 0. The predicted molar refractivity (Wildman–Crippen MR) is 91.1 cm³/mol. The van der Waals surface area contributed by atoms with Crippen LogP contribution in [0, 0.1) is 19.9 Å². The Labute approximate surface area is 133 Å². The Morgan fingerprint density at radius 1 is 1.20 bits per heavy atom. The molecule has 0 N–H and O–H groups in total. The van der Waals surface area contributed by atoms with Gasteiger partial charge in [0.05, 0.1) is 6.61 Å². The summed E-state index contributed by atoms with van der Waals surface area (Å²) in [5.41, 5.74) is 2.16. The highest BCUT2D eigenvalue weighted by molar-refractivity contribution is 9.10. The smallest absolute Gasteiger partial charge is 0.192 e. The van der Waals surface area contributed by atoms with Crippen LogP contribution in [0.1, 0.15) is 31.9 Å². The van der Waals surface area contributed by atoms with Crippen molar-refractivity contribution in [2.24, 2.45) is 0 Å². The predicted octanol–water partition coefficient (Wildman–Crippen LogP) is 5.27. The van der Waals surface area contributed by atoms with E-state index in [9.17, 15) is 0 Å². The standard InChI is InChI=1S/C16H26BrO2Si/c1-12-8-9-14(17)13(2)15(12)18-10-11-19-20(6,7)16(3,4)5/h9H,10-11H2,1-7H3. The van der Waals surface area contributed by atoms with Crippen molar-refractivity contribution in [1.82, 2.24) is 0 Å². The second-order valence-corrected chi connectivity index (χ2v) is 12.3. The lowest BCUT2D eigenvalue weighted by Crippen LogP contribution is -2.41. The van der Waals surface area contributed by atoms with Gasteiger partial charge in [-0.25, -0.2) is 0 Å². The Hall–Kier alpha value is -0.323. The molecule has 4 heteroatoms. The number of ether oxygens (including phenoxy) is 1. The molecule has 0 saturated carbocycles. The van der Waals surface area contributed by atoms with Crippen LogP contribution >= 0.6 is 15.9 Å². The van der Waals surface area contributed by atoms with Crippen LogP contribution in [0.4, 0.5) is 0 Å². The largest absolute Gasteiger partial charge is 0.491 e. The third-order valence-corrected chi connectivity index (χ3v) is 9.42. The van der Waals surface area contributed by atoms with Gasteiger partial charge in [-0.15, -0.1) is 0 Å². The fraction of sp³-hybridized carbons (Fsp3) is 0.625. The maximum absolute atomic E-state index is 6.12. The summed E-state index contributed by atoms with van der Waals surface area (Å²) >= 11 is 3.51. The highest BCUT2D eigenvalue weighted by Crippen LogP contribution is 2.36. The SMILES string of the molecule is Cc1[c]cc(Br)c(C)c1OCCO[Si](C)(C)C(C)(C)C. The molecule has 20 heavy (non-hydrogen) atoms. The van der Waals surface area contributed by atoms with Crippen molar-refractivity contribution in [1.29, 1.82) is 0 Å². The Morgan fingerprint density at radius 2 is 1.80 bits per heavy atom. The van der Waals surface area contributed by atoms with Gasteiger partial charge >= 0.3 is 0 Å². The fourth-order valence-electron chi connectivity index (χ4n) is 1.61. The van der Waals surface area contributed by atoms with Gasteiger partial charge in [0.25, 0.3) is 0 Å². The molecule has 0 aliphatic carbocycles. The van der Waals surface area contributed by atoms with Gasteiger partial charge in [-0.05, 0) is 49.7 Å². The highest BCUT2D eigenvalue weighted by Gasteiger charge is 2.36. The van der Waals surface area contributed by atoms with Crippen molar-refractivity contribution in [3.05, 3.63) is 27.7 Å². The van der Waals surface area contributed by atoms with E-state index < -0.39 is 8.32 Å². The molecule has 113 valence electrons. The number of halogens is 1. The molecule has 1 aromatic carbocycles. The molecule has 0 atom stereocenters. The van der Waals surface area contributed by atoms with E-state index in [1.54, 1.807) is 0 Å². The lowest BCUT2D eigenvalue weighted by Gasteiger charge is -2.36. The van der Waals surface area contributed by atoms with Crippen molar-refractivity contribution in [2.75, 3.05) is 13.2 Å². The average Bonchev–Trinajstić information content (AvgIpc) is 2.31. The molecule has 0 fully saturated rings. The molecule has 0 bridgehead atoms. The molecule has 0 amide bonds. The normalized spacial score (nSPS) is 12.6. The molecular weight excluding hydrogens is 332 g/mol. The highest BCUT2D eigenvalue weighted by atomic mass is 79.9. The molecule has 0 heterocycles. The van der Waals surface area contributed by atoms with E-state index in [-0.39, 0.29) is 5.04 Å². The van der Waals surface area contributed by atoms with E-state index in [1.807, 2.05) is 13.0 Å². The van der Waals surface area contributed by atoms with Crippen LogP contribution in [0.25, 0.3) is 0 Å². The molecule has 0 spiro atoms. The first-order chi connectivity index (χ1) is 9.06. The zero-order valence-electron chi connectivity index (χ0n) is 13.7. The number of rotatable bonds is 5. The monoisotopic (exact) mass is 357 g/mol. The van der Waals surface area contributed by atoms with Gasteiger partial charge in [0.2, 0.25) is 0 Å². The lowest BCUT2D eigenvalue weighted by atomic mass is 10.1. The van der Waals surface area contributed by atoms with Crippen molar-refractivity contribution >= 4 is 24.2 Å². The van der Waals surface area contributed by atoms with Gasteiger partial charge in [-0.3, -0.25) is 0 Å². The topological polar surface area (TPSA) is 18.5 Å². The number of benzene rings is 1. The number of hydrogen-bond donors (Lipinski definition) is 0. The van der Waals surface area contributed by atoms with Crippen LogP contribution < -0.4 is 4.74 Å². The molecule has 1 aromatic rings. The molecule has 1 radical (unpaired) electrons. The second kappa shape index (κ2) is 6.63. The van der Waals surface area contributed by atoms with Crippen LogP contribution in [0.5, 0.6) is 5.75 Å². The van der Waals surface area contributed by atoms with E-state index in [1.165, 1.54) is 0 Å². The number of aryl methyl sites for hydroxylation is 1. The maximum atomic E-state index is 6.12. The summed E-state index contributed by atoms with van der Waals surface area (Å²) in [4.78, 5) is 0.